The molecule has 0 saturated carbocycles. The predicted molar refractivity (Wildman–Crippen MR) is 55.4 cm³/mol. The van der Waals surface area contributed by atoms with E-state index in [0.29, 0.717) is 0 Å². The Balaban J connectivity index is 2.62. The zero-order valence-corrected chi connectivity index (χ0v) is 8.26. The van der Waals surface area contributed by atoms with Crippen LogP contribution in [0.15, 0.2) is 18.2 Å². The molecule has 0 spiro atoms. The minimum absolute atomic E-state index is 0.724. The van der Waals surface area contributed by atoms with Crippen LogP contribution in [0.4, 0.5) is 5.95 Å². The number of hydrogen-bond acceptors (Lipinski definition) is 2. The van der Waals surface area contributed by atoms with Crippen molar-refractivity contribution in [3.63, 3.8) is 0 Å². The summed E-state index contributed by atoms with van der Waals surface area (Å²) in [5.74, 6) is 0.845. The predicted octanol–water partition coefficient (Wildman–Crippen LogP) is 2.28. The van der Waals surface area contributed by atoms with Crippen LogP contribution in [-0.2, 0) is 0 Å². The van der Waals surface area contributed by atoms with Gasteiger partial charge in [0, 0.05) is 19.1 Å². The standard InChI is InChI=1S/C9H10ClN3/c1-13(2)9-11-7-4-3-6(10)5-8(7)12-9/h3-5H,1-2H3,(H,11,12). The van der Waals surface area contributed by atoms with Gasteiger partial charge in [0.2, 0.25) is 5.95 Å². The minimum atomic E-state index is 0.724. The van der Waals surface area contributed by atoms with E-state index in [-0.39, 0.29) is 0 Å². The molecular weight excluding hydrogens is 186 g/mol. The molecule has 0 fully saturated rings. The van der Waals surface area contributed by atoms with E-state index >= 15 is 0 Å². The van der Waals surface area contributed by atoms with Crippen LogP contribution >= 0.6 is 11.6 Å². The molecule has 0 bridgehead atoms. The number of anilines is 1. The zero-order chi connectivity index (χ0) is 9.42. The largest absolute Gasteiger partial charge is 0.349 e. The normalized spacial score (nSPS) is 10.7. The molecule has 0 aliphatic rings. The van der Waals surface area contributed by atoms with Crippen LogP contribution in [0.25, 0.3) is 11.0 Å². The van der Waals surface area contributed by atoms with Crippen LogP contribution in [0.5, 0.6) is 0 Å². The molecule has 4 heteroatoms. The second kappa shape index (κ2) is 2.92. The van der Waals surface area contributed by atoms with E-state index in [2.05, 4.69) is 9.97 Å². The van der Waals surface area contributed by atoms with Gasteiger partial charge < -0.3 is 9.88 Å². The monoisotopic (exact) mass is 195 g/mol. The Morgan fingerprint density at radius 2 is 2.15 bits per heavy atom. The molecule has 1 aromatic heterocycles. The highest BCUT2D eigenvalue weighted by Gasteiger charge is 2.03. The summed E-state index contributed by atoms with van der Waals surface area (Å²) in [7, 11) is 3.89. The third kappa shape index (κ3) is 1.47. The maximum atomic E-state index is 5.85. The van der Waals surface area contributed by atoms with E-state index in [4.69, 9.17) is 11.6 Å². The number of halogens is 1. The fourth-order valence-electron chi connectivity index (χ4n) is 1.18. The number of fused-ring (bicyclic) bond motifs is 1. The zero-order valence-electron chi connectivity index (χ0n) is 7.50. The van der Waals surface area contributed by atoms with E-state index in [1.807, 2.05) is 37.2 Å². The highest BCUT2D eigenvalue weighted by molar-refractivity contribution is 6.31. The lowest BCUT2D eigenvalue weighted by molar-refractivity contribution is 1.05. The number of hydrogen-bond donors (Lipinski definition) is 1. The fraction of sp³-hybridized carbons (Fsp3) is 0.222. The number of aromatic amines is 1. The molecule has 0 amide bonds. The summed E-state index contributed by atoms with van der Waals surface area (Å²) in [6, 6.07) is 5.61. The van der Waals surface area contributed by atoms with Crippen molar-refractivity contribution in [2.45, 2.75) is 0 Å². The van der Waals surface area contributed by atoms with Gasteiger partial charge in [-0.25, -0.2) is 4.98 Å². The van der Waals surface area contributed by atoms with E-state index in [1.54, 1.807) is 0 Å². The van der Waals surface area contributed by atoms with Crippen molar-refractivity contribution in [1.82, 2.24) is 9.97 Å². The van der Waals surface area contributed by atoms with Crippen LogP contribution < -0.4 is 4.90 Å². The van der Waals surface area contributed by atoms with Crippen molar-refractivity contribution in [3.8, 4) is 0 Å². The lowest BCUT2D eigenvalue weighted by atomic mass is 10.3. The van der Waals surface area contributed by atoms with Crippen LogP contribution in [0.2, 0.25) is 5.02 Å². The minimum Gasteiger partial charge on any atom is -0.349 e. The van der Waals surface area contributed by atoms with Crippen molar-refractivity contribution in [3.05, 3.63) is 23.2 Å². The van der Waals surface area contributed by atoms with E-state index in [0.717, 1.165) is 22.0 Å². The maximum absolute atomic E-state index is 5.85. The topological polar surface area (TPSA) is 31.9 Å². The molecule has 2 aromatic rings. The van der Waals surface area contributed by atoms with Crippen LogP contribution in [-0.4, -0.2) is 24.1 Å². The Labute approximate surface area is 81.3 Å². The highest BCUT2D eigenvalue weighted by Crippen LogP contribution is 2.19. The quantitative estimate of drug-likeness (QED) is 0.757. The molecule has 0 aliphatic carbocycles. The highest BCUT2D eigenvalue weighted by atomic mass is 35.5. The van der Waals surface area contributed by atoms with E-state index < -0.39 is 0 Å². The third-order valence-electron chi connectivity index (χ3n) is 1.86. The van der Waals surface area contributed by atoms with Crippen molar-refractivity contribution >= 4 is 28.6 Å². The van der Waals surface area contributed by atoms with Crippen LogP contribution in [0, 0.1) is 0 Å². The first-order chi connectivity index (χ1) is 6.16. The lowest BCUT2D eigenvalue weighted by Crippen LogP contribution is -2.09. The average molecular weight is 196 g/mol. The summed E-state index contributed by atoms with van der Waals surface area (Å²) in [6.45, 7) is 0. The molecular formula is C9H10ClN3. The summed E-state index contributed by atoms with van der Waals surface area (Å²) in [5.41, 5.74) is 1.91. The van der Waals surface area contributed by atoms with Gasteiger partial charge in [0.05, 0.1) is 11.0 Å². The van der Waals surface area contributed by atoms with Crippen molar-refractivity contribution in [1.29, 1.82) is 0 Å². The van der Waals surface area contributed by atoms with Crippen LogP contribution in [0.1, 0.15) is 0 Å². The molecule has 0 unspecified atom stereocenters. The number of nitrogens with zero attached hydrogens (tertiary/aromatic N) is 2. The van der Waals surface area contributed by atoms with Crippen LogP contribution in [0.3, 0.4) is 0 Å². The Hall–Kier alpha value is -1.22. The lowest BCUT2D eigenvalue weighted by Gasteiger charge is -2.05. The molecule has 0 atom stereocenters. The van der Waals surface area contributed by atoms with Gasteiger partial charge in [-0.15, -0.1) is 0 Å². The number of nitrogens with one attached hydrogen (secondary N) is 1. The Morgan fingerprint density at radius 3 is 2.85 bits per heavy atom. The number of imidazole rings is 1. The molecule has 68 valence electrons. The first kappa shape index (κ1) is 8.38. The molecule has 3 nitrogen and oxygen atoms in total. The Bertz CT molecular complexity index is 433. The van der Waals surface area contributed by atoms with Crippen molar-refractivity contribution in [2.24, 2.45) is 0 Å². The second-order valence-corrected chi connectivity index (χ2v) is 3.55. The van der Waals surface area contributed by atoms with E-state index in [9.17, 15) is 0 Å². The molecule has 1 N–H and O–H groups in total. The second-order valence-electron chi connectivity index (χ2n) is 3.12. The Kier molecular flexibility index (Phi) is 1.88. The Morgan fingerprint density at radius 1 is 1.38 bits per heavy atom. The maximum Gasteiger partial charge on any atom is 0.203 e. The molecule has 1 aromatic carbocycles. The van der Waals surface area contributed by atoms with E-state index in [1.165, 1.54) is 0 Å². The summed E-state index contributed by atoms with van der Waals surface area (Å²) in [4.78, 5) is 9.46. The SMILES string of the molecule is CN(C)c1nc2ccc(Cl)cc2[nH]1. The van der Waals surface area contributed by atoms with Gasteiger partial charge in [-0.3, -0.25) is 0 Å². The molecule has 13 heavy (non-hydrogen) atoms. The number of benzene rings is 1. The van der Waals surface area contributed by atoms with Gasteiger partial charge in [0.1, 0.15) is 0 Å². The van der Waals surface area contributed by atoms with Crippen molar-refractivity contribution < 1.29 is 0 Å². The number of aromatic nitrogens is 2. The summed E-state index contributed by atoms with van der Waals surface area (Å²) < 4.78 is 0. The van der Waals surface area contributed by atoms with Gasteiger partial charge in [0.25, 0.3) is 0 Å². The van der Waals surface area contributed by atoms with Crippen molar-refractivity contribution in [2.75, 3.05) is 19.0 Å². The van der Waals surface area contributed by atoms with Gasteiger partial charge >= 0.3 is 0 Å². The molecule has 0 radical (unpaired) electrons. The molecule has 0 saturated heterocycles. The summed E-state index contributed by atoms with van der Waals surface area (Å²) >= 11 is 5.85. The summed E-state index contributed by atoms with van der Waals surface area (Å²) in [5, 5.41) is 0.724. The smallest absolute Gasteiger partial charge is 0.203 e. The van der Waals surface area contributed by atoms with Gasteiger partial charge in [0.15, 0.2) is 0 Å². The van der Waals surface area contributed by atoms with Gasteiger partial charge in [-0.1, -0.05) is 11.6 Å². The summed E-state index contributed by atoms with van der Waals surface area (Å²) in [6.07, 6.45) is 0. The first-order valence-corrected chi connectivity index (χ1v) is 4.37. The van der Waals surface area contributed by atoms with Gasteiger partial charge in [-0.2, -0.15) is 0 Å². The average Bonchev–Trinajstić information content (AvgIpc) is 2.46. The van der Waals surface area contributed by atoms with Gasteiger partial charge in [-0.05, 0) is 18.2 Å². The third-order valence-corrected chi connectivity index (χ3v) is 2.09. The molecule has 1 heterocycles. The number of rotatable bonds is 1. The molecule has 2 rings (SSSR count). The number of H-pyrrole nitrogens is 1. The fourth-order valence-corrected chi connectivity index (χ4v) is 1.35. The molecule has 0 aliphatic heterocycles. The first-order valence-electron chi connectivity index (χ1n) is 3.99.